The van der Waals surface area contributed by atoms with E-state index in [-0.39, 0.29) is 5.91 Å². The van der Waals surface area contributed by atoms with E-state index in [1.807, 2.05) is 61.9 Å². The van der Waals surface area contributed by atoms with E-state index in [9.17, 15) is 4.79 Å². The molecule has 0 aliphatic rings. The maximum absolute atomic E-state index is 12.2. The molecule has 0 bridgehead atoms. The first-order valence-electron chi connectivity index (χ1n) is 8.07. The molecule has 3 aromatic rings. The number of amides is 1. The Kier molecular flexibility index (Phi) is 4.75. The van der Waals surface area contributed by atoms with Crippen LogP contribution >= 0.6 is 0 Å². The molecule has 0 aliphatic heterocycles. The highest BCUT2D eigenvalue weighted by Crippen LogP contribution is 2.19. The zero-order valence-corrected chi connectivity index (χ0v) is 14.5. The summed E-state index contributed by atoms with van der Waals surface area (Å²) in [5.74, 6) is -0.192. The Hall–Kier alpha value is -3.21. The maximum atomic E-state index is 12.2. The number of nitrogens with one attached hydrogen (secondary N) is 1. The second-order valence-corrected chi connectivity index (χ2v) is 5.85. The van der Waals surface area contributed by atoms with E-state index >= 15 is 0 Å². The van der Waals surface area contributed by atoms with Crippen LogP contribution in [-0.4, -0.2) is 20.7 Å². The van der Waals surface area contributed by atoms with Gasteiger partial charge >= 0.3 is 0 Å². The molecular formula is C20H20N4O. The first-order valence-corrected chi connectivity index (χ1v) is 8.07. The topological polar surface area (TPSA) is 59.8 Å². The molecule has 0 spiro atoms. The summed E-state index contributed by atoms with van der Waals surface area (Å²) >= 11 is 0. The number of pyridine rings is 1. The third-order valence-corrected chi connectivity index (χ3v) is 4.05. The van der Waals surface area contributed by atoms with Gasteiger partial charge in [0.1, 0.15) is 0 Å². The van der Waals surface area contributed by atoms with Crippen LogP contribution in [0.3, 0.4) is 0 Å². The first-order chi connectivity index (χ1) is 12.1. The number of carbonyl (C=O) groups excluding carboxylic acids is 1. The molecule has 1 amide bonds. The molecule has 0 saturated carbocycles. The summed E-state index contributed by atoms with van der Waals surface area (Å²) in [6.07, 6.45) is 6.67. The molecule has 0 atom stereocenters. The second-order valence-electron chi connectivity index (χ2n) is 5.85. The van der Waals surface area contributed by atoms with Gasteiger partial charge in [-0.25, -0.2) is 4.68 Å². The van der Waals surface area contributed by atoms with E-state index in [0.717, 1.165) is 28.2 Å². The third-order valence-electron chi connectivity index (χ3n) is 4.05. The zero-order valence-electron chi connectivity index (χ0n) is 14.5. The Labute approximate surface area is 147 Å². The van der Waals surface area contributed by atoms with Crippen molar-refractivity contribution in [3.63, 3.8) is 0 Å². The van der Waals surface area contributed by atoms with Crippen LogP contribution < -0.4 is 5.32 Å². The molecule has 2 aromatic heterocycles. The van der Waals surface area contributed by atoms with Gasteiger partial charge in [0.05, 0.1) is 23.3 Å². The van der Waals surface area contributed by atoms with Crippen LogP contribution in [0.4, 0.5) is 5.69 Å². The summed E-state index contributed by atoms with van der Waals surface area (Å²) in [5, 5.41) is 7.42. The fourth-order valence-corrected chi connectivity index (χ4v) is 2.64. The van der Waals surface area contributed by atoms with Crippen molar-refractivity contribution in [3.05, 3.63) is 77.4 Å². The van der Waals surface area contributed by atoms with Gasteiger partial charge in [0, 0.05) is 23.5 Å². The Balaban J connectivity index is 1.81. The number of benzene rings is 1. The maximum Gasteiger partial charge on any atom is 0.248 e. The molecule has 5 nitrogen and oxygen atoms in total. The van der Waals surface area contributed by atoms with E-state index in [1.165, 1.54) is 6.08 Å². The van der Waals surface area contributed by atoms with Crippen molar-refractivity contribution >= 4 is 17.7 Å². The molecule has 5 heteroatoms. The SMILES string of the molecule is Cc1ccncc1NC(=O)C=Cc1c(C)nn(-c2ccccc2)c1C. The lowest BCUT2D eigenvalue weighted by Crippen LogP contribution is -2.09. The van der Waals surface area contributed by atoms with Gasteiger partial charge in [-0.2, -0.15) is 5.10 Å². The van der Waals surface area contributed by atoms with Crippen LogP contribution in [0.2, 0.25) is 0 Å². The summed E-state index contributed by atoms with van der Waals surface area (Å²) in [5.41, 5.74) is 5.50. The van der Waals surface area contributed by atoms with Crippen LogP contribution in [-0.2, 0) is 4.79 Å². The van der Waals surface area contributed by atoms with Crippen LogP contribution in [0, 0.1) is 20.8 Å². The highest BCUT2D eigenvalue weighted by molar-refractivity contribution is 6.02. The third kappa shape index (κ3) is 3.66. The highest BCUT2D eigenvalue weighted by atomic mass is 16.1. The minimum Gasteiger partial charge on any atom is -0.321 e. The lowest BCUT2D eigenvalue weighted by molar-refractivity contribution is -0.111. The molecule has 1 aromatic carbocycles. The largest absolute Gasteiger partial charge is 0.321 e. The molecule has 1 N–H and O–H groups in total. The molecule has 126 valence electrons. The van der Waals surface area contributed by atoms with Gasteiger partial charge < -0.3 is 5.32 Å². The summed E-state index contributed by atoms with van der Waals surface area (Å²) in [6.45, 7) is 5.87. The number of hydrogen-bond donors (Lipinski definition) is 1. The van der Waals surface area contributed by atoms with E-state index in [4.69, 9.17) is 0 Å². The van der Waals surface area contributed by atoms with Crippen molar-refractivity contribution in [1.82, 2.24) is 14.8 Å². The Morgan fingerprint density at radius 3 is 2.60 bits per heavy atom. The van der Waals surface area contributed by atoms with Crippen LogP contribution in [0.25, 0.3) is 11.8 Å². The smallest absolute Gasteiger partial charge is 0.248 e. The minimum atomic E-state index is -0.192. The Morgan fingerprint density at radius 2 is 1.88 bits per heavy atom. The van der Waals surface area contributed by atoms with E-state index in [2.05, 4.69) is 15.4 Å². The van der Waals surface area contributed by atoms with Crippen LogP contribution in [0.1, 0.15) is 22.5 Å². The molecule has 0 fully saturated rings. The fourth-order valence-electron chi connectivity index (χ4n) is 2.64. The van der Waals surface area contributed by atoms with E-state index < -0.39 is 0 Å². The zero-order chi connectivity index (χ0) is 17.8. The van der Waals surface area contributed by atoms with Gasteiger partial charge in [0.2, 0.25) is 5.91 Å². The molecular weight excluding hydrogens is 312 g/mol. The van der Waals surface area contributed by atoms with Crippen molar-refractivity contribution in [3.8, 4) is 5.69 Å². The molecule has 0 radical (unpaired) electrons. The lowest BCUT2D eigenvalue weighted by atomic mass is 10.1. The number of carbonyl (C=O) groups is 1. The molecule has 0 saturated heterocycles. The number of anilines is 1. The van der Waals surface area contributed by atoms with Crippen molar-refractivity contribution in [2.45, 2.75) is 20.8 Å². The van der Waals surface area contributed by atoms with Gasteiger partial charge in [-0.3, -0.25) is 9.78 Å². The average Bonchev–Trinajstić information content (AvgIpc) is 2.90. The minimum absolute atomic E-state index is 0.192. The monoisotopic (exact) mass is 332 g/mol. The number of rotatable bonds is 4. The van der Waals surface area contributed by atoms with Crippen molar-refractivity contribution in [2.75, 3.05) is 5.32 Å². The fraction of sp³-hybridized carbons (Fsp3) is 0.150. The van der Waals surface area contributed by atoms with E-state index in [0.29, 0.717) is 5.69 Å². The van der Waals surface area contributed by atoms with Crippen LogP contribution in [0.5, 0.6) is 0 Å². The number of para-hydroxylation sites is 1. The van der Waals surface area contributed by atoms with Crippen LogP contribution in [0.15, 0.2) is 54.9 Å². The predicted molar refractivity (Wildman–Crippen MR) is 99.7 cm³/mol. The molecule has 3 rings (SSSR count). The Morgan fingerprint density at radius 1 is 1.12 bits per heavy atom. The quantitative estimate of drug-likeness (QED) is 0.738. The number of aromatic nitrogens is 3. The summed E-state index contributed by atoms with van der Waals surface area (Å²) in [6, 6.07) is 11.8. The summed E-state index contributed by atoms with van der Waals surface area (Å²) < 4.78 is 1.89. The van der Waals surface area contributed by atoms with Gasteiger partial charge in [-0.05, 0) is 50.6 Å². The second kappa shape index (κ2) is 7.13. The summed E-state index contributed by atoms with van der Waals surface area (Å²) in [4.78, 5) is 16.2. The molecule has 0 aliphatic carbocycles. The predicted octanol–water partition coefficient (Wildman–Crippen LogP) is 3.84. The normalized spacial score (nSPS) is 11.0. The molecule has 0 unspecified atom stereocenters. The van der Waals surface area contributed by atoms with E-state index in [1.54, 1.807) is 18.5 Å². The van der Waals surface area contributed by atoms with Crippen molar-refractivity contribution in [1.29, 1.82) is 0 Å². The van der Waals surface area contributed by atoms with Gasteiger partial charge in [0.25, 0.3) is 0 Å². The number of hydrogen-bond acceptors (Lipinski definition) is 3. The standard InChI is InChI=1S/C20H20N4O/c1-14-11-12-21-13-19(14)22-20(25)10-9-18-15(2)23-24(16(18)3)17-7-5-4-6-8-17/h4-13H,1-3H3,(H,22,25). The molecule has 25 heavy (non-hydrogen) atoms. The summed E-state index contributed by atoms with van der Waals surface area (Å²) in [7, 11) is 0. The van der Waals surface area contributed by atoms with Gasteiger partial charge in [0.15, 0.2) is 0 Å². The van der Waals surface area contributed by atoms with Crippen molar-refractivity contribution in [2.24, 2.45) is 0 Å². The van der Waals surface area contributed by atoms with Gasteiger partial charge in [-0.1, -0.05) is 18.2 Å². The highest BCUT2D eigenvalue weighted by Gasteiger charge is 2.11. The number of nitrogens with zero attached hydrogens (tertiary/aromatic N) is 3. The lowest BCUT2D eigenvalue weighted by Gasteiger charge is -2.05. The average molecular weight is 332 g/mol. The first kappa shape index (κ1) is 16.6. The Bertz CT molecular complexity index is 926. The molecule has 2 heterocycles. The van der Waals surface area contributed by atoms with Gasteiger partial charge in [-0.15, -0.1) is 0 Å². The van der Waals surface area contributed by atoms with Crippen molar-refractivity contribution < 1.29 is 4.79 Å². The number of aryl methyl sites for hydroxylation is 2.